The van der Waals surface area contributed by atoms with Crippen molar-refractivity contribution in [1.29, 1.82) is 0 Å². The van der Waals surface area contributed by atoms with Crippen LogP contribution in [0.1, 0.15) is 303 Å². The molecule has 4 heteroatoms. The lowest BCUT2D eigenvalue weighted by Gasteiger charge is -2.33. The summed E-state index contributed by atoms with van der Waals surface area (Å²) < 4.78 is 0. The highest BCUT2D eigenvalue weighted by atomic mass is 16.2. The first-order valence-electron chi connectivity index (χ1n) is 27.3. The predicted molar refractivity (Wildman–Crippen MR) is 271 cm³/mol. The average Bonchev–Trinajstić information content (AvgIpc) is 3.25. The molecule has 0 aromatic rings. The van der Waals surface area contributed by atoms with Gasteiger partial charge in [0.15, 0.2) is 0 Å². The second kappa shape index (κ2) is 49.2. The van der Waals surface area contributed by atoms with E-state index in [1.54, 1.807) is 6.54 Å². The summed E-state index contributed by atoms with van der Waals surface area (Å²) in [6.45, 7) is 8.40. The van der Waals surface area contributed by atoms with E-state index in [1.807, 2.05) is 0 Å². The fraction of sp³-hybridized carbons (Fsp3) is 0.842. The van der Waals surface area contributed by atoms with E-state index in [9.17, 15) is 9.59 Å². The summed E-state index contributed by atoms with van der Waals surface area (Å²) in [5.74, 6) is -0.541. The van der Waals surface area contributed by atoms with Crippen molar-refractivity contribution in [1.82, 2.24) is 11.1 Å². The Morgan fingerprint density at radius 3 is 0.836 bits per heavy atom. The normalized spacial score (nSPS) is 12.2. The lowest BCUT2D eigenvalue weighted by Crippen LogP contribution is -2.40. The first-order chi connectivity index (χ1) is 30.0. The minimum Gasteiger partial charge on any atom is -0.350 e. The molecule has 356 valence electrons. The van der Waals surface area contributed by atoms with Gasteiger partial charge in [-0.3, -0.25) is 15.3 Å². The number of carbonyl (C=O) groups is 2. The minimum atomic E-state index is -0.645. The number of hydrogen-bond donors (Lipinski definition) is 1. The quantitative estimate of drug-likeness (QED) is 0.0489. The Morgan fingerprint density at radius 2 is 0.590 bits per heavy atom. The van der Waals surface area contributed by atoms with Gasteiger partial charge < -0.3 is 5.32 Å². The molecule has 0 aliphatic rings. The van der Waals surface area contributed by atoms with Crippen LogP contribution in [0.25, 0.3) is 0 Å². The molecule has 0 atom stereocenters. The molecule has 0 rings (SSSR count). The van der Waals surface area contributed by atoms with Gasteiger partial charge >= 0.3 is 0 Å². The van der Waals surface area contributed by atoms with Crippen molar-refractivity contribution in [2.24, 2.45) is 5.41 Å². The maximum absolute atomic E-state index is 14.1. The molecule has 2 N–H and O–H groups in total. The summed E-state index contributed by atoms with van der Waals surface area (Å²) in [4.78, 5) is 25.5. The number of nitrogens with one attached hydrogen (secondary N) is 2. The van der Waals surface area contributed by atoms with Gasteiger partial charge in [-0.25, -0.2) is 0 Å². The van der Waals surface area contributed by atoms with Gasteiger partial charge in [-0.15, -0.1) is 0 Å². The van der Waals surface area contributed by atoms with E-state index in [2.05, 4.69) is 62.5 Å². The van der Waals surface area contributed by atoms with Crippen LogP contribution in [0, 0.1) is 12.0 Å². The standard InChI is InChI=1S/C57H106N2O2/c1-4-7-10-13-16-19-22-25-28-30-33-36-39-42-45-48-52-57(56(61)59-54-50-55(58)60,51-47-44-41-38-35-32-27-24-21-18-15-12-9-6-3)53-49-46-43-40-37-34-31-29-26-23-20-17-14-11-8-5-2/h25-29,32,54,58H,4-24,30-31,33-53H2,1-3H3,(H,59,61)/b28-25-,29-26-,32-27-. The van der Waals surface area contributed by atoms with Crippen LogP contribution in [-0.4, -0.2) is 11.8 Å². The molecule has 0 spiro atoms. The molecule has 0 heterocycles. The molecule has 0 saturated heterocycles. The van der Waals surface area contributed by atoms with Gasteiger partial charge in [0.2, 0.25) is 11.8 Å². The monoisotopic (exact) mass is 851 g/mol. The minimum absolute atomic E-state index is 0.0172. The van der Waals surface area contributed by atoms with E-state index in [0.717, 1.165) is 38.5 Å². The predicted octanol–water partition coefficient (Wildman–Crippen LogP) is 19.0. The first kappa shape index (κ1) is 59.2. The Morgan fingerprint density at radius 1 is 0.361 bits per heavy atom. The van der Waals surface area contributed by atoms with Crippen LogP contribution in [0.2, 0.25) is 0 Å². The van der Waals surface area contributed by atoms with Gasteiger partial charge in [0.25, 0.3) is 0 Å². The van der Waals surface area contributed by atoms with Crippen LogP contribution < -0.4 is 11.1 Å². The van der Waals surface area contributed by atoms with Gasteiger partial charge in [0, 0.05) is 5.41 Å². The summed E-state index contributed by atoms with van der Waals surface area (Å²) in [5.41, 5.74) is 7.00. The Hall–Kier alpha value is -1.84. The van der Waals surface area contributed by atoms with Crippen LogP contribution in [0.4, 0.5) is 0 Å². The molecule has 0 fully saturated rings. The molecule has 0 bridgehead atoms. The molecule has 4 nitrogen and oxygen atoms in total. The summed E-state index contributed by atoms with van der Waals surface area (Å²) >= 11 is 0. The summed E-state index contributed by atoms with van der Waals surface area (Å²) in [5, 5.41) is 3.04. The molecule has 0 aliphatic heterocycles. The average molecular weight is 851 g/mol. The fourth-order valence-corrected chi connectivity index (χ4v) is 8.88. The third-order valence-corrected chi connectivity index (χ3v) is 13.0. The van der Waals surface area contributed by atoms with Crippen molar-refractivity contribution in [2.75, 3.05) is 0 Å². The molecule has 0 saturated carbocycles. The number of amides is 2. The molecule has 0 aromatic heterocycles. The molecule has 0 unspecified atom stereocenters. The topological polar surface area (TPSA) is 70.0 Å². The maximum Gasteiger partial charge on any atom is 0.240 e. The molecule has 2 radical (unpaired) electrons. The Bertz CT molecular complexity index is 957. The highest BCUT2D eigenvalue weighted by Gasteiger charge is 2.36. The summed E-state index contributed by atoms with van der Waals surface area (Å²) in [6, 6.07) is 0. The Labute approximate surface area is 382 Å². The van der Waals surface area contributed by atoms with Crippen LogP contribution in [0.3, 0.4) is 0 Å². The number of carbonyl (C=O) groups excluding carboxylic acids is 2. The Balaban J connectivity index is 4.92. The van der Waals surface area contributed by atoms with Gasteiger partial charge in [-0.05, 0) is 96.3 Å². The van der Waals surface area contributed by atoms with Crippen LogP contribution >= 0.6 is 0 Å². The largest absolute Gasteiger partial charge is 0.350 e. The van der Waals surface area contributed by atoms with Crippen molar-refractivity contribution >= 4 is 11.8 Å². The highest BCUT2D eigenvalue weighted by Crippen LogP contribution is 2.38. The van der Waals surface area contributed by atoms with E-state index in [1.165, 1.54) is 238 Å². The number of unbranched alkanes of at least 4 members (excludes halogenated alkanes) is 34. The van der Waals surface area contributed by atoms with E-state index in [-0.39, 0.29) is 17.7 Å². The fourth-order valence-electron chi connectivity index (χ4n) is 8.88. The zero-order chi connectivity index (χ0) is 44.4. The van der Waals surface area contributed by atoms with Crippen LogP contribution in [0.15, 0.2) is 36.5 Å². The van der Waals surface area contributed by atoms with E-state index in [0.29, 0.717) is 0 Å². The lowest BCUT2D eigenvalue weighted by atomic mass is 9.73. The van der Waals surface area contributed by atoms with Gasteiger partial charge in [0.1, 0.15) is 0 Å². The van der Waals surface area contributed by atoms with Crippen LogP contribution in [-0.2, 0) is 9.59 Å². The summed E-state index contributed by atoms with van der Waals surface area (Å²) in [6.07, 6.45) is 68.7. The molecule has 2 amide bonds. The third-order valence-electron chi connectivity index (χ3n) is 13.0. The Kier molecular flexibility index (Phi) is 47.7. The second-order valence-corrected chi connectivity index (χ2v) is 18.9. The van der Waals surface area contributed by atoms with E-state index in [4.69, 9.17) is 5.73 Å². The second-order valence-electron chi connectivity index (χ2n) is 18.9. The number of hydrogen-bond acceptors (Lipinski definition) is 2. The van der Waals surface area contributed by atoms with Crippen molar-refractivity contribution in [3.63, 3.8) is 0 Å². The van der Waals surface area contributed by atoms with E-state index < -0.39 is 5.91 Å². The first-order valence-corrected chi connectivity index (χ1v) is 27.3. The number of allylic oxidation sites excluding steroid dienone is 6. The van der Waals surface area contributed by atoms with Gasteiger partial charge in [-0.2, -0.15) is 0 Å². The van der Waals surface area contributed by atoms with Gasteiger partial charge in [-0.1, -0.05) is 237 Å². The van der Waals surface area contributed by atoms with Crippen molar-refractivity contribution in [3.8, 4) is 0 Å². The maximum atomic E-state index is 14.1. The molecule has 61 heavy (non-hydrogen) atoms. The number of rotatable bonds is 50. The SMILES string of the molecule is CCCCCCCC/C=C\CCCCCCCCC(CCCCCC/C=C\CCCCCCCC)(CCCCCCCC/C=C\CCCCCCCC)C(=O)N[CH]CC([NH])=O. The van der Waals surface area contributed by atoms with Crippen molar-refractivity contribution in [2.45, 2.75) is 303 Å². The molecule has 0 aromatic carbocycles. The summed E-state index contributed by atoms with van der Waals surface area (Å²) in [7, 11) is 0. The third kappa shape index (κ3) is 43.2. The van der Waals surface area contributed by atoms with Crippen molar-refractivity contribution in [3.05, 3.63) is 43.0 Å². The van der Waals surface area contributed by atoms with Crippen LogP contribution in [0.5, 0.6) is 0 Å². The van der Waals surface area contributed by atoms with E-state index >= 15 is 0 Å². The highest BCUT2D eigenvalue weighted by molar-refractivity contribution is 5.84. The zero-order valence-electron chi connectivity index (χ0n) is 41.5. The molecular formula is C57H106N2O2. The lowest BCUT2D eigenvalue weighted by molar-refractivity contribution is -0.132. The zero-order valence-corrected chi connectivity index (χ0v) is 41.5. The smallest absolute Gasteiger partial charge is 0.240 e. The molecule has 0 aliphatic carbocycles. The van der Waals surface area contributed by atoms with Gasteiger partial charge in [0.05, 0.1) is 13.0 Å². The molecular weight excluding hydrogens is 745 g/mol. The van der Waals surface area contributed by atoms with Crippen molar-refractivity contribution < 1.29 is 9.59 Å².